The van der Waals surface area contributed by atoms with Crippen LogP contribution in [-0.2, 0) is 0 Å². The third kappa shape index (κ3) is 3.04. The van der Waals surface area contributed by atoms with Crippen LogP contribution in [0.25, 0.3) is 6.08 Å². The number of thiophene rings is 2. The van der Waals surface area contributed by atoms with Crippen LogP contribution in [0.15, 0.2) is 34.1 Å². The Balaban J connectivity index is 2.10. The number of rotatable bonds is 3. The molecule has 0 aromatic carbocycles. The molecule has 5 heteroatoms. The average molecular weight is 334 g/mol. The van der Waals surface area contributed by atoms with Crippen LogP contribution in [0.1, 0.15) is 14.5 Å². The normalized spacial score (nSPS) is 11.1. The van der Waals surface area contributed by atoms with E-state index in [2.05, 4.69) is 15.9 Å². The van der Waals surface area contributed by atoms with Crippen molar-refractivity contribution in [3.8, 4) is 0 Å². The molecule has 82 valence electrons. The molecule has 0 spiro atoms. The van der Waals surface area contributed by atoms with Crippen LogP contribution in [0, 0.1) is 0 Å². The minimum Gasteiger partial charge on any atom is -0.288 e. The Bertz CT molecular complexity index is 542. The first-order valence-corrected chi connectivity index (χ1v) is 7.18. The molecule has 2 heterocycles. The number of carbonyl (C=O) groups is 1. The summed E-state index contributed by atoms with van der Waals surface area (Å²) in [6.45, 7) is 0. The van der Waals surface area contributed by atoms with Crippen LogP contribution < -0.4 is 0 Å². The molecule has 0 saturated carbocycles. The predicted octanol–water partition coefficient (Wildman–Crippen LogP) is 5.12. The highest BCUT2D eigenvalue weighted by Crippen LogP contribution is 2.24. The van der Waals surface area contributed by atoms with Gasteiger partial charge in [0.05, 0.1) is 13.0 Å². The van der Waals surface area contributed by atoms with E-state index in [-0.39, 0.29) is 5.78 Å². The van der Waals surface area contributed by atoms with Gasteiger partial charge in [-0.25, -0.2) is 0 Å². The van der Waals surface area contributed by atoms with Crippen LogP contribution in [-0.4, -0.2) is 5.78 Å². The van der Waals surface area contributed by atoms with Crippen molar-refractivity contribution < 1.29 is 4.79 Å². The van der Waals surface area contributed by atoms with E-state index in [1.807, 2.05) is 18.2 Å². The second-order valence-corrected chi connectivity index (χ2v) is 7.15. The maximum Gasteiger partial charge on any atom is 0.195 e. The Morgan fingerprint density at radius 2 is 2.06 bits per heavy atom. The largest absolute Gasteiger partial charge is 0.288 e. The lowest BCUT2D eigenvalue weighted by Gasteiger charge is -1.87. The standard InChI is InChI=1S/C11H6BrClOS2/c12-10-5-2-7(15-10)1-3-8(14)9-4-6-11(13)16-9/h1-6H/b3-1+. The van der Waals surface area contributed by atoms with Gasteiger partial charge < -0.3 is 0 Å². The van der Waals surface area contributed by atoms with E-state index >= 15 is 0 Å². The second kappa shape index (κ2) is 5.27. The molecular weight excluding hydrogens is 328 g/mol. The topological polar surface area (TPSA) is 17.1 Å². The molecule has 2 rings (SSSR count). The van der Waals surface area contributed by atoms with Crippen molar-refractivity contribution in [1.29, 1.82) is 0 Å². The fraction of sp³-hybridized carbons (Fsp3) is 0. The summed E-state index contributed by atoms with van der Waals surface area (Å²) in [5.74, 6) is -0.0126. The molecule has 0 N–H and O–H groups in total. The Labute approximate surface area is 115 Å². The van der Waals surface area contributed by atoms with E-state index in [0.29, 0.717) is 9.21 Å². The minimum absolute atomic E-state index is 0.0126. The van der Waals surface area contributed by atoms with E-state index in [1.165, 1.54) is 11.3 Å². The number of halogens is 2. The highest BCUT2D eigenvalue weighted by molar-refractivity contribution is 9.11. The first kappa shape index (κ1) is 12.0. The Kier molecular flexibility index (Phi) is 3.97. The zero-order valence-electron chi connectivity index (χ0n) is 7.94. The SMILES string of the molecule is O=C(/C=C/c1ccc(Br)s1)c1ccc(Cl)s1. The molecule has 2 aromatic heterocycles. The molecule has 0 bridgehead atoms. The molecule has 0 unspecified atom stereocenters. The average Bonchev–Trinajstić information content (AvgIpc) is 2.84. The van der Waals surface area contributed by atoms with Crippen molar-refractivity contribution in [2.75, 3.05) is 0 Å². The summed E-state index contributed by atoms with van der Waals surface area (Å²) in [6, 6.07) is 7.38. The van der Waals surface area contributed by atoms with Crippen molar-refractivity contribution in [2.24, 2.45) is 0 Å². The van der Waals surface area contributed by atoms with Gasteiger partial charge in [0.25, 0.3) is 0 Å². The lowest BCUT2D eigenvalue weighted by atomic mass is 10.3. The summed E-state index contributed by atoms with van der Waals surface area (Å²) in [7, 11) is 0. The van der Waals surface area contributed by atoms with Crippen LogP contribution in [0.2, 0.25) is 4.34 Å². The minimum atomic E-state index is -0.0126. The summed E-state index contributed by atoms with van der Waals surface area (Å²) in [6.07, 6.45) is 3.38. The lowest BCUT2D eigenvalue weighted by Crippen LogP contribution is -1.87. The number of ketones is 1. The van der Waals surface area contributed by atoms with Crippen molar-refractivity contribution in [2.45, 2.75) is 0 Å². The van der Waals surface area contributed by atoms with Crippen molar-refractivity contribution in [3.63, 3.8) is 0 Å². The third-order valence-electron chi connectivity index (χ3n) is 1.81. The van der Waals surface area contributed by atoms with Crippen LogP contribution >= 0.6 is 50.2 Å². The summed E-state index contributed by atoms with van der Waals surface area (Å²) in [4.78, 5) is 13.4. The molecule has 1 nitrogen and oxygen atoms in total. The van der Waals surface area contributed by atoms with Crippen molar-refractivity contribution in [1.82, 2.24) is 0 Å². The highest BCUT2D eigenvalue weighted by atomic mass is 79.9. The molecule has 0 amide bonds. The fourth-order valence-electron chi connectivity index (χ4n) is 1.10. The first-order valence-electron chi connectivity index (χ1n) is 4.38. The monoisotopic (exact) mass is 332 g/mol. The van der Waals surface area contributed by atoms with Gasteiger partial charge in [-0.1, -0.05) is 11.6 Å². The quantitative estimate of drug-likeness (QED) is 0.562. The van der Waals surface area contributed by atoms with Crippen LogP contribution in [0.3, 0.4) is 0 Å². The summed E-state index contributed by atoms with van der Waals surface area (Å²) < 4.78 is 1.69. The van der Waals surface area contributed by atoms with Gasteiger partial charge in [-0.05, 0) is 52.3 Å². The first-order chi connectivity index (χ1) is 7.65. The van der Waals surface area contributed by atoms with Gasteiger partial charge in [0.15, 0.2) is 5.78 Å². The summed E-state index contributed by atoms with van der Waals surface area (Å²) in [5, 5.41) is 0. The van der Waals surface area contributed by atoms with E-state index in [1.54, 1.807) is 29.5 Å². The molecule has 0 saturated heterocycles. The van der Waals surface area contributed by atoms with Gasteiger partial charge in [-0.15, -0.1) is 22.7 Å². The van der Waals surface area contributed by atoms with E-state index in [4.69, 9.17) is 11.6 Å². The van der Waals surface area contributed by atoms with Gasteiger partial charge in [-0.3, -0.25) is 4.79 Å². The molecule has 0 aliphatic heterocycles. The van der Waals surface area contributed by atoms with Crippen molar-refractivity contribution >= 4 is 62.1 Å². The molecule has 0 aliphatic rings. The lowest BCUT2D eigenvalue weighted by molar-refractivity contribution is 0.105. The predicted molar refractivity (Wildman–Crippen MR) is 74.7 cm³/mol. The maximum atomic E-state index is 11.7. The number of hydrogen-bond donors (Lipinski definition) is 0. The zero-order chi connectivity index (χ0) is 11.5. The molecule has 16 heavy (non-hydrogen) atoms. The second-order valence-electron chi connectivity index (χ2n) is 2.94. The third-order valence-corrected chi connectivity index (χ3v) is 4.64. The molecule has 0 aliphatic carbocycles. The summed E-state index contributed by atoms with van der Waals surface area (Å²) >= 11 is 12.0. The number of carbonyl (C=O) groups excluding carboxylic acids is 1. The number of hydrogen-bond acceptors (Lipinski definition) is 3. The van der Waals surface area contributed by atoms with E-state index in [0.717, 1.165) is 8.66 Å². The maximum absolute atomic E-state index is 11.7. The smallest absolute Gasteiger partial charge is 0.195 e. The van der Waals surface area contributed by atoms with Gasteiger partial charge in [0.1, 0.15) is 0 Å². The number of allylic oxidation sites excluding steroid dienone is 1. The van der Waals surface area contributed by atoms with Gasteiger partial charge in [0.2, 0.25) is 0 Å². The Hall–Kier alpha value is -0.420. The van der Waals surface area contributed by atoms with Gasteiger partial charge >= 0.3 is 0 Å². The summed E-state index contributed by atoms with van der Waals surface area (Å²) in [5.41, 5.74) is 0. The van der Waals surface area contributed by atoms with Gasteiger partial charge in [-0.2, -0.15) is 0 Å². The van der Waals surface area contributed by atoms with E-state index < -0.39 is 0 Å². The fourth-order valence-corrected chi connectivity index (χ4v) is 3.39. The molecule has 0 atom stereocenters. The van der Waals surface area contributed by atoms with Gasteiger partial charge in [0, 0.05) is 4.88 Å². The zero-order valence-corrected chi connectivity index (χ0v) is 11.9. The molecule has 0 radical (unpaired) electrons. The Morgan fingerprint density at radius 3 is 2.62 bits per heavy atom. The van der Waals surface area contributed by atoms with Crippen molar-refractivity contribution in [3.05, 3.63) is 48.2 Å². The molecule has 2 aromatic rings. The van der Waals surface area contributed by atoms with E-state index in [9.17, 15) is 4.79 Å². The van der Waals surface area contributed by atoms with Crippen LogP contribution in [0.4, 0.5) is 0 Å². The van der Waals surface area contributed by atoms with Crippen LogP contribution in [0.5, 0.6) is 0 Å². The Morgan fingerprint density at radius 1 is 1.25 bits per heavy atom. The highest BCUT2D eigenvalue weighted by Gasteiger charge is 2.04. The molecular formula is C11H6BrClOS2. The molecule has 0 fully saturated rings.